The fraction of sp³-hybridized carbons (Fsp3) is 0.154. The monoisotopic (exact) mass is 462 g/mol. The number of benzene rings is 2. The number of aryl methyl sites for hydroxylation is 1. The van der Waals surface area contributed by atoms with Crippen LogP contribution < -0.4 is 14.8 Å². The first-order valence-corrected chi connectivity index (χ1v) is 10.6. The molecule has 4 aromatic rings. The number of nitrogens with one attached hydrogen (secondary N) is 1. The van der Waals surface area contributed by atoms with Gasteiger partial charge in [-0.25, -0.2) is 4.98 Å². The molecule has 0 saturated heterocycles. The van der Waals surface area contributed by atoms with Gasteiger partial charge in [0.25, 0.3) is 0 Å². The second-order valence-corrected chi connectivity index (χ2v) is 7.83. The quantitative estimate of drug-likeness (QED) is 0.261. The average Bonchev–Trinajstić information content (AvgIpc) is 3.24. The van der Waals surface area contributed by atoms with Gasteiger partial charge in [0.15, 0.2) is 5.15 Å². The number of amides is 1. The molecule has 6 nitrogen and oxygen atoms in total. The lowest BCUT2D eigenvalue weighted by atomic mass is 9.96. The normalized spacial score (nSPS) is 11.5. The molecule has 1 amide bonds. The average molecular weight is 463 g/mol. The van der Waals surface area contributed by atoms with Gasteiger partial charge in [0.1, 0.15) is 17.1 Å². The van der Waals surface area contributed by atoms with Crippen LogP contribution in [-0.2, 0) is 4.79 Å². The molecule has 0 aliphatic rings. The van der Waals surface area contributed by atoms with Crippen molar-refractivity contribution in [3.63, 3.8) is 0 Å². The van der Waals surface area contributed by atoms with Crippen molar-refractivity contribution in [1.82, 2.24) is 4.98 Å². The van der Waals surface area contributed by atoms with Crippen molar-refractivity contribution in [2.24, 2.45) is 0 Å². The molecule has 0 spiro atoms. The molecule has 168 valence electrons. The molecule has 33 heavy (non-hydrogen) atoms. The van der Waals surface area contributed by atoms with E-state index in [1.807, 2.05) is 44.2 Å². The summed E-state index contributed by atoms with van der Waals surface area (Å²) in [6.07, 6.45) is 4.79. The van der Waals surface area contributed by atoms with E-state index in [9.17, 15) is 4.79 Å². The van der Waals surface area contributed by atoms with Crippen molar-refractivity contribution in [2.45, 2.75) is 13.8 Å². The lowest BCUT2D eigenvalue weighted by Gasteiger charge is -2.14. The zero-order valence-corrected chi connectivity index (χ0v) is 19.5. The Bertz CT molecular complexity index is 1370. The summed E-state index contributed by atoms with van der Waals surface area (Å²) in [6, 6.07) is 13.1. The summed E-state index contributed by atoms with van der Waals surface area (Å²) in [5.74, 6) is 1.07. The van der Waals surface area contributed by atoms with Crippen molar-refractivity contribution in [2.75, 3.05) is 19.5 Å². The smallest absolute Gasteiger partial charge is 0.248 e. The van der Waals surface area contributed by atoms with Gasteiger partial charge >= 0.3 is 0 Å². The third-order valence-electron chi connectivity index (χ3n) is 5.43. The molecule has 0 aliphatic carbocycles. The van der Waals surface area contributed by atoms with Crippen LogP contribution in [0, 0.1) is 6.92 Å². The number of methoxy groups -OCH3 is 2. The van der Waals surface area contributed by atoms with Crippen LogP contribution in [0.4, 0.5) is 5.69 Å². The molecule has 0 bridgehead atoms. The van der Waals surface area contributed by atoms with Crippen LogP contribution in [0.2, 0.25) is 5.15 Å². The van der Waals surface area contributed by atoms with Crippen LogP contribution in [0.5, 0.6) is 11.5 Å². The molecule has 0 saturated carbocycles. The summed E-state index contributed by atoms with van der Waals surface area (Å²) < 4.78 is 17.2. The van der Waals surface area contributed by atoms with Gasteiger partial charge in [-0.1, -0.05) is 29.8 Å². The Morgan fingerprint density at radius 2 is 1.91 bits per heavy atom. The fourth-order valence-corrected chi connectivity index (χ4v) is 4.04. The molecule has 0 atom stereocenters. The first kappa shape index (κ1) is 22.4. The van der Waals surface area contributed by atoms with E-state index >= 15 is 0 Å². The van der Waals surface area contributed by atoms with E-state index in [0.717, 1.165) is 44.5 Å². The van der Waals surface area contributed by atoms with E-state index in [1.54, 1.807) is 38.8 Å². The number of hydrogen-bond donors (Lipinski definition) is 1. The largest absolute Gasteiger partial charge is 0.496 e. The number of halogens is 1. The molecule has 0 radical (unpaired) electrons. The molecular weight excluding hydrogens is 440 g/mol. The number of para-hydroxylation sites is 1. The van der Waals surface area contributed by atoms with Gasteiger partial charge < -0.3 is 19.2 Å². The van der Waals surface area contributed by atoms with Gasteiger partial charge in [-0.2, -0.15) is 0 Å². The molecule has 2 heterocycles. The van der Waals surface area contributed by atoms with Gasteiger partial charge in [-0.3, -0.25) is 4.79 Å². The maximum Gasteiger partial charge on any atom is 0.248 e. The number of hydrogen-bond acceptors (Lipinski definition) is 5. The lowest BCUT2D eigenvalue weighted by Crippen LogP contribution is -2.09. The van der Waals surface area contributed by atoms with Crippen molar-refractivity contribution in [3.8, 4) is 22.6 Å². The maximum atomic E-state index is 12.7. The zero-order valence-electron chi connectivity index (χ0n) is 18.7. The van der Waals surface area contributed by atoms with E-state index in [-0.39, 0.29) is 11.1 Å². The van der Waals surface area contributed by atoms with Crippen molar-refractivity contribution in [1.29, 1.82) is 0 Å². The second kappa shape index (κ2) is 9.38. The molecule has 2 aromatic carbocycles. The van der Waals surface area contributed by atoms with Crippen LogP contribution in [0.15, 0.2) is 65.4 Å². The Kier molecular flexibility index (Phi) is 6.38. The Morgan fingerprint density at radius 3 is 2.64 bits per heavy atom. The Hall–Kier alpha value is -3.77. The third-order valence-corrected chi connectivity index (χ3v) is 5.74. The minimum atomic E-state index is -0.320. The van der Waals surface area contributed by atoms with Gasteiger partial charge in [0, 0.05) is 39.9 Å². The highest BCUT2D eigenvalue weighted by Gasteiger charge is 2.20. The number of nitrogens with zero attached hydrogens (tertiary/aromatic N) is 1. The third kappa shape index (κ3) is 4.30. The summed E-state index contributed by atoms with van der Waals surface area (Å²) >= 11 is 6.06. The summed E-state index contributed by atoms with van der Waals surface area (Å²) in [7, 11) is 3.24. The summed E-state index contributed by atoms with van der Waals surface area (Å²) in [5, 5.41) is 3.89. The number of furan rings is 1. The Balaban J connectivity index is 1.80. The molecule has 0 aliphatic heterocycles. The number of pyridine rings is 1. The predicted octanol–water partition coefficient (Wildman–Crippen LogP) is 6.52. The number of carbonyl (C=O) groups excluding carboxylic acids is 1. The number of fused-ring (bicyclic) bond motifs is 1. The van der Waals surface area contributed by atoms with Crippen LogP contribution >= 0.6 is 11.6 Å². The van der Waals surface area contributed by atoms with E-state index in [4.69, 9.17) is 25.5 Å². The minimum absolute atomic E-state index is 0.228. The van der Waals surface area contributed by atoms with E-state index in [0.29, 0.717) is 11.4 Å². The van der Waals surface area contributed by atoms with E-state index in [1.165, 1.54) is 6.08 Å². The van der Waals surface area contributed by atoms with Crippen LogP contribution in [0.3, 0.4) is 0 Å². The summed E-state index contributed by atoms with van der Waals surface area (Å²) in [6.45, 7) is 3.79. The maximum absolute atomic E-state index is 12.7. The molecule has 1 N–H and O–H groups in total. The molecule has 7 heteroatoms. The topological polar surface area (TPSA) is 73.6 Å². The van der Waals surface area contributed by atoms with Crippen LogP contribution in [0.25, 0.3) is 27.7 Å². The highest BCUT2D eigenvalue weighted by molar-refractivity contribution is 6.32. The number of aromatic nitrogens is 1. The highest BCUT2D eigenvalue weighted by Crippen LogP contribution is 2.42. The number of ether oxygens (including phenoxy) is 2. The number of rotatable bonds is 6. The predicted molar refractivity (Wildman–Crippen MR) is 131 cm³/mol. The Labute approximate surface area is 196 Å². The first-order valence-electron chi connectivity index (χ1n) is 10.3. The lowest BCUT2D eigenvalue weighted by molar-refractivity contribution is -0.111. The molecule has 0 unspecified atom stereocenters. The van der Waals surface area contributed by atoms with Gasteiger partial charge in [0.05, 0.1) is 26.2 Å². The molecule has 2 aromatic heterocycles. The molecular formula is C26H23ClN2O4. The zero-order chi connectivity index (χ0) is 23.5. The SMILES string of the molecule is COc1ccccc1-c1coc2c(C)c(OC)c(/C(C)=C/C(=O)Nc3cccnc3Cl)cc12. The second-order valence-electron chi connectivity index (χ2n) is 7.47. The van der Waals surface area contributed by atoms with Crippen molar-refractivity contribution < 1.29 is 18.7 Å². The van der Waals surface area contributed by atoms with E-state index < -0.39 is 0 Å². The van der Waals surface area contributed by atoms with Gasteiger partial charge in [0.2, 0.25) is 5.91 Å². The van der Waals surface area contributed by atoms with Gasteiger partial charge in [-0.05, 0) is 43.7 Å². The number of carbonyl (C=O) groups is 1. The number of allylic oxidation sites excluding steroid dienone is 1. The standard InChI is InChI=1S/C26H23ClN2O4/c1-15(12-23(30)29-21-9-7-11-28-26(21)27)18-13-19-20(17-8-5-6-10-22(17)31-3)14-33-25(19)16(2)24(18)32-4/h5-14H,1-4H3,(H,29,30)/b15-12+. The van der Waals surface area contributed by atoms with Crippen molar-refractivity contribution >= 4 is 39.7 Å². The minimum Gasteiger partial charge on any atom is -0.496 e. The summed E-state index contributed by atoms with van der Waals surface area (Å²) in [5.41, 5.74) is 5.33. The van der Waals surface area contributed by atoms with Crippen LogP contribution in [-0.4, -0.2) is 25.1 Å². The number of anilines is 1. The van der Waals surface area contributed by atoms with E-state index in [2.05, 4.69) is 10.3 Å². The van der Waals surface area contributed by atoms with Gasteiger partial charge in [-0.15, -0.1) is 0 Å². The molecule has 4 rings (SSSR count). The fourth-order valence-electron chi connectivity index (χ4n) is 3.87. The Morgan fingerprint density at radius 1 is 1.12 bits per heavy atom. The summed E-state index contributed by atoms with van der Waals surface area (Å²) in [4.78, 5) is 16.6. The molecule has 0 fully saturated rings. The first-order chi connectivity index (χ1) is 15.9. The van der Waals surface area contributed by atoms with Crippen LogP contribution in [0.1, 0.15) is 18.1 Å². The van der Waals surface area contributed by atoms with Crippen molar-refractivity contribution in [3.05, 3.63) is 77.3 Å². The highest BCUT2D eigenvalue weighted by atomic mass is 35.5.